The molecule has 0 aliphatic carbocycles. The fourth-order valence-corrected chi connectivity index (χ4v) is 3.91. The number of pyridine rings is 1. The van der Waals surface area contributed by atoms with Gasteiger partial charge in [0.25, 0.3) is 0 Å². The number of hydrogen-bond acceptors (Lipinski definition) is 5. The Kier molecular flexibility index (Phi) is 5.80. The van der Waals surface area contributed by atoms with E-state index in [4.69, 9.17) is 21.7 Å². The molecule has 1 atom stereocenters. The van der Waals surface area contributed by atoms with Gasteiger partial charge < -0.3 is 25.0 Å². The Bertz CT molecular complexity index is 885. The zero-order chi connectivity index (χ0) is 20.2. The first kappa shape index (κ1) is 19.4. The second kappa shape index (κ2) is 8.65. The molecular weight excluding hydrogens is 388 g/mol. The number of carbonyl (C=O) groups excluding carboxylic acids is 1. The molecule has 1 unspecified atom stereocenters. The molecule has 1 aromatic carbocycles. The maximum atomic E-state index is 13.1. The van der Waals surface area contributed by atoms with Crippen LogP contribution >= 0.6 is 12.2 Å². The van der Waals surface area contributed by atoms with Gasteiger partial charge in [-0.15, -0.1) is 0 Å². The van der Waals surface area contributed by atoms with E-state index in [9.17, 15) is 4.79 Å². The number of ether oxygens (including phenoxy) is 2. The number of rotatable bonds is 4. The van der Waals surface area contributed by atoms with E-state index in [1.165, 1.54) is 0 Å². The Hall–Kier alpha value is -2.87. The number of likely N-dealkylation sites (tertiary alicyclic amines) is 1. The highest BCUT2D eigenvalue weighted by Crippen LogP contribution is 2.35. The lowest BCUT2D eigenvalue weighted by atomic mass is 9.94. The van der Waals surface area contributed by atoms with Gasteiger partial charge in [0.15, 0.2) is 16.6 Å². The summed E-state index contributed by atoms with van der Waals surface area (Å²) in [7, 11) is 1.82. The smallest absolute Gasteiger partial charge is 0.231 e. The maximum Gasteiger partial charge on any atom is 0.231 e. The molecule has 2 aliphatic heterocycles. The number of carbonyl (C=O) groups is 1. The van der Waals surface area contributed by atoms with Gasteiger partial charge in [-0.25, -0.2) is 0 Å². The molecule has 4 rings (SSSR count). The lowest BCUT2D eigenvalue weighted by molar-refractivity contribution is -0.126. The zero-order valence-electron chi connectivity index (χ0n) is 16.3. The minimum absolute atomic E-state index is 0.0355. The Morgan fingerprint density at radius 3 is 2.72 bits per heavy atom. The first-order chi connectivity index (χ1) is 14.2. The number of aromatic nitrogens is 1. The molecule has 2 N–H and O–H groups in total. The third-order valence-corrected chi connectivity index (χ3v) is 5.83. The third-order valence-electron chi connectivity index (χ3n) is 5.37. The number of thiocarbonyl (C=S) groups is 1. The van der Waals surface area contributed by atoms with Gasteiger partial charge in [0.05, 0.1) is 11.7 Å². The van der Waals surface area contributed by atoms with Gasteiger partial charge in [0.1, 0.15) is 0 Å². The number of nitrogens with one attached hydrogen (secondary N) is 2. The molecule has 3 heterocycles. The van der Waals surface area contributed by atoms with E-state index in [0.29, 0.717) is 11.5 Å². The summed E-state index contributed by atoms with van der Waals surface area (Å²) in [5.74, 6) is 1.39. The minimum Gasteiger partial charge on any atom is -0.454 e. The highest BCUT2D eigenvalue weighted by molar-refractivity contribution is 7.80. The monoisotopic (exact) mass is 412 g/mol. The molecule has 1 aromatic heterocycles. The zero-order valence-corrected chi connectivity index (χ0v) is 17.1. The normalized spacial score (nSPS) is 16.9. The average molecular weight is 413 g/mol. The van der Waals surface area contributed by atoms with Crippen molar-refractivity contribution < 1.29 is 14.3 Å². The summed E-state index contributed by atoms with van der Waals surface area (Å²) in [6.07, 6.45) is 3.27. The molecule has 152 valence electrons. The number of piperidine rings is 1. The molecule has 1 amide bonds. The molecule has 1 saturated heterocycles. The molecule has 1 fully saturated rings. The van der Waals surface area contributed by atoms with Gasteiger partial charge in [-0.3, -0.25) is 9.78 Å². The number of fused-ring (bicyclic) bond motifs is 1. The molecule has 0 saturated carbocycles. The summed E-state index contributed by atoms with van der Waals surface area (Å²) in [6.45, 7) is 1.76. The maximum absolute atomic E-state index is 13.1. The Labute approximate surface area is 175 Å². The van der Waals surface area contributed by atoms with Crippen LogP contribution in [-0.2, 0) is 4.79 Å². The van der Waals surface area contributed by atoms with Crippen molar-refractivity contribution >= 4 is 23.2 Å². The highest BCUT2D eigenvalue weighted by Gasteiger charge is 2.29. The highest BCUT2D eigenvalue weighted by atomic mass is 32.1. The van der Waals surface area contributed by atoms with Crippen LogP contribution in [0.15, 0.2) is 42.6 Å². The Morgan fingerprint density at radius 1 is 1.21 bits per heavy atom. The van der Waals surface area contributed by atoms with Gasteiger partial charge in [-0.05, 0) is 54.9 Å². The summed E-state index contributed by atoms with van der Waals surface area (Å²) in [5.41, 5.74) is 1.70. The third kappa shape index (κ3) is 4.27. The Morgan fingerprint density at radius 2 is 2.00 bits per heavy atom. The lowest BCUT2D eigenvalue weighted by Gasteiger charge is -2.33. The largest absolute Gasteiger partial charge is 0.454 e. The van der Waals surface area contributed by atoms with Crippen LogP contribution in [0.4, 0.5) is 0 Å². The van der Waals surface area contributed by atoms with E-state index >= 15 is 0 Å². The second-order valence-electron chi connectivity index (χ2n) is 7.13. The van der Waals surface area contributed by atoms with Crippen LogP contribution in [0.25, 0.3) is 0 Å². The van der Waals surface area contributed by atoms with Crippen molar-refractivity contribution in [1.29, 1.82) is 0 Å². The molecule has 8 heteroatoms. The second-order valence-corrected chi connectivity index (χ2v) is 7.51. The van der Waals surface area contributed by atoms with E-state index in [0.717, 1.165) is 42.3 Å². The van der Waals surface area contributed by atoms with Crippen LogP contribution in [0.1, 0.15) is 30.1 Å². The average Bonchev–Trinajstić information content (AvgIpc) is 3.25. The van der Waals surface area contributed by atoms with Crippen molar-refractivity contribution in [2.45, 2.75) is 18.9 Å². The number of nitrogens with zero attached hydrogens (tertiary/aromatic N) is 2. The van der Waals surface area contributed by atoms with Crippen molar-refractivity contribution in [2.75, 3.05) is 26.9 Å². The van der Waals surface area contributed by atoms with Crippen LogP contribution in [0, 0.1) is 5.92 Å². The van der Waals surface area contributed by atoms with E-state index < -0.39 is 0 Å². The lowest BCUT2D eigenvalue weighted by Crippen LogP contribution is -2.46. The van der Waals surface area contributed by atoms with Gasteiger partial charge in [-0.2, -0.15) is 0 Å². The first-order valence-corrected chi connectivity index (χ1v) is 10.1. The first-order valence-electron chi connectivity index (χ1n) is 9.73. The summed E-state index contributed by atoms with van der Waals surface area (Å²) in [5, 5.41) is 6.94. The van der Waals surface area contributed by atoms with Crippen molar-refractivity contribution in [3.8, 4) is 11.5 Å². The fraction of sp³-hybridized carbons (Fsp3) is 0.381. The summed E-state index contributed by atoms with van der Waals surface area (Å²) in [6, 6.07) is 11.1. The van der Waals surface area contributed by atoms with E-state index in [2.05, 4.69) is 20.5 Å². The van der Waals surface area contributed by atoms with Crippen LogP contribution in [0.3, 0.4) is 0 Å². The van der Waals surface area contributed by atoms with Crippen LogP contribution in [0.2, 0.25) is 0 Å². The van der Waals surface area contributed by atoms with Gasteiger partial charge in [0, 0.05) is 32.3 Å². The van der Waals surface area contributed by atoms with Gasteiger partial charge in [0.2, 0.25) is 12.7 Å². The number of hydrogen-bond donors (Lipinski definition) is 2. The van der Waals surface area contributed by atoms with Crippen molar-refractivity contribution in [2.24, 2.45) is 5.92 Å². The predicted molar refractivity (Wildman–Crippen MR) is 113 cm³/mol. The van der Waals surface area contributed by atoms with E-state index in [-0.39, 0.29) is 24.7 Å². The van der Waals surface area contributed by atoms with Crippen LogP contribution < -0.4 is 20.1 Å². The molecule has 2 aliphatic rings. The van der Waals surface area contributed by atoms with E-state index in [1.807, 2.05) is 43.4 Å². The topological polar surface area (TPSA) is 75.7 Å². The molecule has 29 heavy (non-hydrogen) atoms. The molecule has 0 bridgehead atoms. The Balaban J connectivity index is 1.51. The van der Waals surface area contributed by atoms with Crippen molar-refractivity contribution in [3.63, 3.8) is 0 Å². The molecule has 7 nitrogen and oxygen atoms in total. The SMILES string of the molecule is CNC(=S)N1CCC(C(=O)NC(c2ccc3c(c2)OCO3)c2ccccn2)CC1. The molecule has 0 spiro atoms. The van der Waals surface area contributed by atoms with Gasteiger partial charge in [-0.1, -0.05) is 12.1 Å². The molecule has 2 aromatic rings. The minimum atomic E-state index is -0.352. The number of amides is 1. The number of benzene rings is 1. The van der Waals surface area contributed by atoms with Crippen molar-refractivity contribution in [3.05, 3.63) is 53.9 Å². The summed E-state index contributed by atoms with van der Waals surface area (Å²) < 4.78 is 10.9. The fourth-order valence-electron chi connectivity index (χ4n) is 3.73. The van der Waals surface area contributed by atoms with Crippen molar-refractivity contribution in [1.82, 2.24) is 20.5 Å². The van der Waals surface area contributed by atoms with Crippen LogP contribution in [0.5, 0.6) is 11.5 Å². The molecule has 0 radical (unpaired) electrons. The van der Waals surface area contributed by atoms with Gasteiger partial charge >= 0.3 is 0 Å². The van der Waals surface area contributed by atoms with Crippen LogP contribution in [-0.4, -0.2) is 47.8 Å². The predicted octanol–water partition coefficient (Wildman–Crippen LogP) is 2.23. The summed E-state index contributed by atoms with van der Waals surface area (Å²) in [4.78, 5) is 19.7. The quantitative estimate of drug-likeness (QED) is 0.746. The summed E-state index contributed by atoms with van der Waals surface area (Å²) >= 11 is 5.30. The standard InChI is InChI=1S/C21H24N4O3S/c1-22-21(29)25-10-7-14(8-11-25)20(26)24-19(16-4-2-3-9-23-16)15-5-6-17-18(12-15)28-13-27-17/h2-6,9,12,14,19H,7-8,10-11,13H2,1H3,(H,22,29)(H,24,26). The molecular formula is C21H24N4O3S. The van der Waals surface area contributed by atoms with E-state index in [1.54, 1.807) is 6.20 Å².